The van der Waals surface area contributed by atoms with Crippen LogP contribution >= 0.6 is 0 Å². The van der Waals surface area contributed by atoms with Gasteiger partial charge in [-0.2, -0.15) is 0 Å². The molecule has 0 saturated carbocycles. The summed E-state index contributed by atoms with van der Waals surface area (Å²) < 4.78 is 0. The smallest absolute Gasteiger partial charge is 0.134 e. The summed E-state index contributed by atoms with van der Waals surface area (Å²) in [6, 6.07) is 7.68. The van der Waals surface area contributed by atoms with Gasteiger partial charge in [0.15, 0.2) is 0 Å². The van der Waals surface area contributed by atoms with Gasteiger partial charge in [-0.15, -0.1) is 0 Å². The van der Waals surface area contributed by atoms with E-state index in [1.54, 1.807) is 12.3 Å². The number of aromatic hydroxyl groups is 1. The van der Waals surface area contributed by atoms with Gasteiger partial charge >= 0.3 is 0 Å². The van der Waals surface area contributed by atoms with E-state index < -0.39 is 0 Å². The number of nitrogens with one attached hydrogen (secondary N) is 2. The molecule has 0 fully saturated rings. The van der Waals surface area contributed by atoms with Crippen LogP contribution in [0.4, 0.5) is 5.69 Å². The Kier molecular flexibility index (Phi) is 4.55. The van der Waals surface area contributed by atoms with Crippen molar-refractivity contribution in [3.05, 3.63) is 42.2 Å². The summed E-state index contributed by atoms with van der Waals surface area (Å²) in [5, 5.41) is 15.8. The van der Waals surface area contributed by atoms with Gasteiger partial charge in [0.1, 0.15) is 5.75 Å². The lowest BCUT2D eigenvalue weighted by Crippen LogP contribution is -2.37. The minimum atomic E-state index is -0.175. The fourth-order valence-corrected chi connectivity index (χ4v) is 2.11. The number of nitrogens with two attached hydrogens (primary N) is 1. The molecule has 0 radical (unpaired) electrons. The van der Waals surface area contributed by atoms with E-state index in [2.05, 4.69) is 15.6 Å². The Labute approximate surface area is 118 Å². The molecule has 2 heterocycles. The summed E-state index contributed by atoms with van der Waals surface area (Å²) in [6.45, 7) is 4.67. The highest BCUT2D eigenvalue weighted by Crippen LogP contribution is 2.30. The van der Waals surface area contributed by atoms with Gasteiger partial charge in [-0.3, -0.25) is 10.3 Å². The van der Waals surface area contributed by atoms with Gasteiger partial charge in [0, 0.05) is 23.0 Å². The Morgan fingerprint density at radius 3 is 2.75 bits per heavy atom. The van der Waals surface area contributed by atoms with E-state index in [1.165, 1.54) is 6.20 Å². The highest BCUT2D eigenvalue weighted by molar-refractivity contribution is 5.69. The summed E-state index contributed by atoms with van der Waals surface area (Å²) >= 11 is 0. The molecule has 5 heteroatoms. The normalized spacial score (nSPS) is 16.4. The van der Waals surface area contributed by atoms with Crippen molar-refractivity contribution in [2.75, 3.05) is 12.0 Å². The van der Waals surface area contributed by atoms with E-state index in [0.717, 1.165) is 22.4 Å². The molecule has 5 N–H and O–H groups in total. The molecule has 1 unspecified atom stereocenters. The second kappa shape index (κ2) is 6.36. The van der Waals surface area contributed by atoms with Crippen molar-refractivity contribution in [2.24, 2.45) is 5.73 Å². The molecule has 20 heavy (non-hydrogen) atoms. The standard InChI is InChI=1S/C13H14N4O.C2H6/c14-13-11-4-8(1-2-12(11)16-7-17-13)9-3-10(18)6-15-5-9;1-2/h1-6,13,16-18H,7,14H2;1-2H3. The molecule has 1 aromatic carbocycles. The summed E-state index contributed by atoms with van der Waals surface area (Å²) in [4.78, 5) is 3.98. The average molecular weight is 272 g/mol. The molecule has 3 rings (SSSR count). The molecule has 5 nitrogen and oxygen atoms in total. The maximum atomic E-state index is 9.45. The molecule has 1 atom stereocenters. The van der Waals surface area contributed by atoms with Gasteiger partial charge < -0.3 is 16.2 Å². The van der Waals surface area contributed by atoms with Crippen LogP contribution in [0.3, 0.4) is 0 Å². The quantitative estimate of drug-likeness (QED) is 0.641. The number of benzene rings is 1. The monoisotopic (exact) mass is 272 g/mol. The van der Waals surface area contributed by atoms with Crippen LogP contribution in [0.2, 0.25) is 0 Å². The van der Waals surface area contributed by atoms with Crippen LogP contribution in [0.1, 0.15) is 25.6 Å². The minimum Gasteiger partial charge on any atom is -0.506 e. The number of nitrogens with zero attached hydrogens (tertiary/aromatic N) is 1. The molecule has 0 bridgehead atoms. The Balaban J connectivity index is 0.000000704. The second-order valence-electron chi connectivity index (χ2n) is 4.27. The summed E-state index contributed by atoms with van der Waals surface area (Å²) in [5.41, 5.74) is 9.92. The molecule has 106 valence electrons. The lowest BCUT2D eigenvalue weighted by atomic mass is 10.0. The molecular formula is C15H20N4O. The Morgan fingerprint density at radius 2 is 2.00 bits per heavy atom. The first-order valence-electron chi connectivity index (χ1n) is 6.75. The fourth-order valence-electron chi connectivity index (χ4n) is 2.11. The maximum absolute atomic E-state index is 9.45. The van der Waals surface area contributed by atoms with Gasteiger partial charge in [0.2, 0.25) is 0 Å². The number of rotatable bonds is 1. The van der Waals surface area contributed by atoms with E-state index in [4.69, 9.17) is 5.73 Å². The summed E-state index contributed by atoms with van der Waals surface area (Å²) in [7, 11) is 0. The van der Waals surface area contributed by atoms with E-state index in [-0.39, 0.29) is 11.9 Å². The third-order valence-electron chi connectivity index (χ3n) is 3.04. The van der Waals surface area contributed by atoms with Crippen LogP contribution in [0.15, 0.2) is 36.7 Å². The van der Waals surface area contributed by atoms with Crippen molar-refractivity contribution in [3.63, 3.8) is 0 Å². The summed E-state index contributed by atoms with van der Waals surface area (Å²) in [6.07, 6.45) is 2.96. The maximum Gasteiger partial charge on any atom is 0.134 e. The van der Waals surface area contributed by atoms with Crippen LogP contribution in [0, 0.1) is 0 Å². The Morgan fingerprint density at radius 1 is 1.20 bits per heavy atom. The molecule has 0 amide bonds. The third-order valence-corrected chi connectivity index (χ3v) is 3.04. The van der Waals surface area contributed by atoms with Gasteiger partial charge in [-0.1, -0.05) is 19.9 Å². The number of pyridine rings is 1. The molecule has 1 aliphatic heterocycles. The summed E-state index contributed by atoms with van der Waals surface area (Å²) in [5.74, 6) is 0.158. The van der Waals surface area contributed by atoms with Crippen molar-refractivity contribution in [1.82, 2.24) is 10.3 Å². The van der Waals surface area contributed by atoms with E-state index in [0.29, 0.717) is 6.67 Å². The van der Waals surface area contributed by atoms with Crippen LogP contribution < -0.4 is 16.4 Å². The lowest BCUT2D eigenvalue weighted by Gasteiger charge is -2.25. The lowest BCUT2D eigenvalue weighted by molar-refractivity contribution is 0.473. The molecule has 0 saturated heterocycles. The first-order valence-corrected chi connectivity index (χ1v) is 6.75. The molecule has 1 aromatic heterocycles. The zero-order valence-electron chi connectivity index (χ0n) is 11.7. The molecule has 1 aliphatic rings. The molecular weight excluding hydrogens is 252 g/mol. The zero-order chi connectivity index (χ0) is 14.5. The predicted molar refractivity (Wildman–Crippen MR) is 81.2 cm³/mol. The fraction of sp³-hybridized carbons (Fsp3) is 0.267. The van der Waals surface area contributed by atoms with Gasteiger partial charge in [-0.25, -0.2) is 0 Å². The second-order valence-corrected chi connectivity index (χ2v) is 4.27. The average Bonchev–Trinajstić information content (AvgIpc) is 2.49. The first-order chi connectivity index (χ1) is 9.74. The van der Waals surface area contributed by atoms with Crippen LogP contribution in [0.5, 0.6) is 5.75 Å². The zero-order valence-corrected chi connectivity index (χ0v) is 11.7. The van der Waals surface area contributed by atoms with Crippen molar-refractivity contribution >= 4 is 5.69 Å². The molecule has 2 aromatic rings. The minimum absolute atomic E-state index is 0.158. The number of hydrogen-bond donors (Lipinski definition) is 4. The topological polar surface area (TPSA) is 83.2 Å². The largest absolute Gasteiger partial charge is 0.506 e. The van der Waals surface area contributed by atoms with E-state index in [1.807, 2.05) is 32.0 Å². The van der Waals surface area contributed by atoms with Crippen LogP contribution in [-0.4, -0.2) is 16.8 Å². The van der Waals surface area contributed by atoms with Gasteiger partial charge in [-0.05, 0) is 23.8 Å². The van der Waals surface area contributed by atoms with Crippen molar-refractivity contribution in [2.45, 2.75) is 20.0 Å². The van der Waals surface area contributed by atoms with E-state index >= 15 is 0 Å². The van der Waals surface area contributed by atoms with E-state index in [9.17, 15) is 5.11 Å². The van der Waals surface area contributed by atoms with Gasteiger partial charge in [0.25, 0.3) is 0 Å². The van der Waals surface area contributed by atoms with Crippen LogP contribution in [-0.2, 0) is 0 Å². The number of anilines is 1. The molecule has 0 spiro atoms. The number of hydrogen-bond acceptors (Lipinski definition) is 5. The first kappa shape index (κ1) is 14.3. The SMILES string of the molecule is CC.NC1NCNc2ccc(-c3cncc(O)c3)cc21. The number of fused-ring (bicyclic) bond motifs is 1. The van der Waals surface area contributed by atoms with Crippen LogP contribution in [0.25, 0.3) is 11.1 Å². The Hall–Kier alpha value is -2.11. The predicted octanol–water partition coefficient (Wildman–Crippen LogP) is 2.41. The number of aromatic nitrogens is 1. The Bertz CT molecular complexity index is 586. The van der Waals surface area contributed by atoms with Crippen molar-refractivity contribution in [3.8, 4) is 16.9 Å². The van der Waals surface area contributed by atoms with Gasteiger partial charge in [0.05, 0.1) is 19.0 Å². The highest BCUT2D eigenvalue weighted by atomic mass is 16.3. The molecule has 0 aliphatic carbocycles. The van der Waals surface area contributed by atoms with Crippen molar-refractivity contribution < 1.29 is 5.11 Å². The van der Waals surface area contributed by atoms with Crippen molar-refractivity contribution in [1.29, 1.82) is 0 Å². The third kappa shape index (κ3) is 2.89. The highest BCUT2D eigenvalue weighted by Gasteiger charge is 2.16.